The minimum Gasteiger partial charge on any atom is -0.461 e. The summed E-state index contributed by atoms with van der Waals surface area (Å²) in [5, 5.41) is 2.94. The minimum atomic E-state index is -4.62. The number of rotatable bonds is 22. The molecule has 0 aliphatic carbocycles. The molecule has 1 heterocycles. The third-order valence-corrected chi connectivity index (χ3v) is 6.42. The third kappa shape index (κ3) is 18.0. The molecule has 0 saturated carbocycles. The molecule has 0 aromatic heterocycles. The summed E-state index contributed by atoms with van der Waals surface area (Å²) in [6, 6.07) is 0. The number of nitrogens with one attached hydrogen (secondary N) is 1. The largest absolute Gasteiger partial charge is 0.472 e. The van der Waals surface area contributed by atoms with Gasteiger partial charge in [-0.1, -0.05) is 38.2 Å². The van der Waals surface area contributed by atoms with E-state index in [1.165, 1.54) is 0 Å². The van der Waals surface area contributed by atoms with Crippen molar-refractivity contribution in [3.05, 3.63) is 24.3 Å². The van der Waals surface area contributed by atoms with Crippen molar-refractivity contribution in [2.75, 3.05) is 26.4 Å². The van der Waals surface area contributed by atoms with Gasteiger partial charge in [0.2, 0.25) is 5.91 Å². The number of unbranched alkanes of at least 4 members (excludes halogenated alkanes) is 1. The number of allylic oxidation sites excluding steroid dienone is 2. The van der Waals surface area contributed by atoms with Crippen LogP contribution in [0.4, 0.5) is 0 Å². The Kier molecular flexibility index (Phi) is 18.7. The minimum absolute atomic E-state index is 0.00441. The van der Waals surface area contributed by atoms with Crippen molar-refractivity contribution in [2.45, 2.75) is 84.2 Å². The maximum absolute atomic E-state index is 12.3. The fourth-order valence-electron chi connectivity index (χ4n) is 3.30. The average molecular weight is 633 g/mol. The van der Waals surface area contributed by atoms with Crippen molar-refractivity contribution in [1.82, 2.24) is 10.4 Å². The number of amides is 3. The lowest BCUT2D eigenvalue weighted by molar-refractivity contribution is -0.197. The van der Waals surface area contributed by atoms with Gasteiger partial charge in [-0.3, -0.25) is 33.0 Å². The molecule has 1 aliphatic heterocycles. The van der Waals surface area contributed by atoms with Gasteiger partial charge < -0.3 is 24.5 Å². The van der Waals surface area contributed by atoms with Gasteiger partial charge in [0, 0.05) is 32.2 Å². The molecule has 3 amide bonds. The van der Waals surface area contributed by atoms with Gasteiger partial charge >= 0.3 is 25.7 Å². The highest BCUT2D eigenvalue weighted by Gasteiger charge is 2.32. The Balaban J connectivity index is 2.35. The Hall–Kier alpha value is -3.39. The molecule has 0 radical (unpaired) electrons. The summed E-state index contributed by atoms with van der Waals surface area (Å²) in [6.07, 6.45) is 7.55. The standard InChI is InChI=1S/C27H41N2O13P/c1-3-5-7-12-25(33)38-19-21(41-26(34)13-8-6-4-2)20-40-43(36,37)39-18-17-28-22(30)11-9-10-14-27(35)42-29-23(31)15-16-24(29)32/h5-8,21H,3-4,9-20H2,1-2H3,(H,28,30)(H,36,37)/b7-5-,8-6-. The zero-order valence-electron chi connectivity index (χ0n) is 24.5. The smallest absolute Gasteiger partial charge is 0.461 e. The zero-order valence-corrected chi connectivity index (χ0v) is 25.4. The molecule has 0 aromatic carbocycles. The van der Waals surface area contributed by atoms with E-state index in [-0.39, 0.29) is 58.1 Å². The van der Waals surface area contributed by atoms with E-state index in [1.807, 2.05) is 13.8 Å². The van der Waals surface area contributed by atoms with E-state index in [0.29, 0.717) is 11.5 Å². The molecule has 1 aliphatic rings. The summed E-state index contributed by atoms with van der Waals surface area (Å²) in [5.74, 6) is -3.55. The lowest BCUT2D eigenvalue weighted by Crippen LogP contribution is -2.32. The Morgan fingerprint density at radius 3 is 2.12 bits per heavy atom. The number of esters is 2. The van der Waals surface area contributed by atoms with Gasteiger partial charge in [0.05, 0.1) is 26.1 Å². The number of ether oxygens (including phenoxy) is 2. The van der Waals surface area contributed by atoms with E-state index in [0.717, 1.165) is 12.8 Å². The quantitative estimate of drug-likeness (QED) is 0.0580. The molecule has 1 saturated heterocycles. The second-order valence-electron chi connectivity index (χ2n) is 9.16. The van der Waals surface area contributed by atoms with Gasteiger partial charge in [-0.2, -0.15) is 0 Å². The number of imide groups is 1. The predicted molar refractivity (Wildman–Crippen MR) is 149 cm³/mol. The lowest BCUT2D eigenvalue weighted by Gasteiger charge is -2.19. The van der Waals surface area contributed by atoms with Gasteiger partial charge in [-0.05, 0) is 25.7 Å². The highest BCUT2D eigenvalue weighted by Crippen LogP contribution is 2.43. The number of nitrogens with zero attached hydrogens (tertiary/aromatic N) is 1. The monoisotopic (exact) mass is 632 g/mol. The van der Waals surface area contributed by atoms with E-state index in [1.54, 1.807) is 24.3 Å². The third-order valence-electron chi connectivity index (χ3n) is 5.44. The van der Waals surface area contributed by atoms with Crippen LogP contribution >= 0.6 is 7.82 Å². The number of hydroxylamine groups is 2. The maximum Gasteiger partial charge on any atom is 0.472 e. The van der Waals surface area contributed by atoms with Crippen LogP contribution < -0.4 is 5.32 Å². The zero-order chi connectivity index (χ0) is 32.1. The molecular formula is C27H41N2O13P. The van der Waals surface area contributed by atoms with Gasteiger partial charge in [-0.25, -0.2) is 9.36 Å². The first-order chi connectivity index (χ1) is 20.5. The lowest BCUT2D eigenvalue weighted by atomic mass is 10.2. The van der Waals surface area contributed by atoms with Crippen LogP contribution in [0.2, 0.25) is 0 Å². The normalized spacial score (nSPS) is 15.5. The van der Waals surface area contributed by atoms with Crippen molar-refractivity contribution in [2.24, 2.45) is 0 Å². The summed E-state index contributed by atoms with van der Waals surface area (Å²) in [7, 11) is -4.62. The van der Waals surface area contributed by atoms with Crippen molar-refractivity contribution < 1.29 is 61.6 Å². The molecule has 2 N–H and O–H groups in total. The second kappa shape index (κ2) is 21.3. The average Bonchev–Trinajstić information content (AvgIpc) is 3.27. The van der Waals surface area contributed by atoms with E-state index < -0.39 is 62.8 Å². The highest BCUT2D eigenvalue weighted by atomic mass is 31.2. The molecule has 2 atom stereocenters. The number of phosphoric ester groups is 1. The van der Waals surface area contributed by atoms with Gasteiger partial charge in [0.25, 0.3) is 11.8 Å². The maximum atomic E-state index is 12.3. The van der Waals surface area contributed by atoms with E-state index >= 15 is 0 Å². The van der Waals surface area contributed by atoms with Crippen LogP contribution in [0.15, 0.2) is 24.3 Å². The van der Waals surface area contributed by atoms with Gasteiger partial charge in [-0.15, -0.1) is 5.06 Å². The first-order valence-electron chi connectivity index (χ1n) is 14.1. The first-order valence-corrected chi connectivity index (χ1v) is 15.6. The van der Waals surface area contributed by atoms with Crippen molar-refractivity contribution in [3.8, 4) is 0 Å². The Morgan fingerprint density at radius 2 is 1.49 bits per heavy atom. The number of carbonyl (C=O) groups is 6. The molecule has 0 bridgehead atoms. The van der Waals surface area contributed by atoms with Gasteiger partial charge in [0.1, 0.15) is 6.61 Å². The van der Waals surface area contributed by atoms with Crippen LogP contribution in [0.1, 0.15) is 78.1 Å². The number of phosphoric acid groups is 1. The van der Waals surface area contributed by atoms with Crippen LogP contribution in [0, 0.1) is 0 Å². The van der Waals surface area contributed by atoms with E-state index in [9.17, 15) is 38.2 Å². The fraction of sp³-hybridized carbons (Fsp3) is 0.630. The number of carbonyl (C=O) groups excluding carboxylic acids is 6. The van der Waals surface area contributed by atoms with Crippen LogP contribution in [0.25, 0.3) is 0 Å². The van der Waals surface area contributed by atoms with Crippen LogP contribution in [0.3, 0.4) is 0 Å². The molecule has 15 nitrogen and oxygen atoms in total. The summed E-state index contributed by atoms with van der Waals surface area (Å²) in [4.78, 5) is 85.2. The molecule has 242 valence electrons. The van der Waals surface area contributed by atoms with Gasteiger partial charge in [0.15, 0.2) is 6.10 Å². The SMILES string of the molecule is CC/C=C\CC(=O)OCC(COP(=O)(O)OCCNC(=O)CCCCC(=O)ON1C(=O)CCC1=O)OC(=O)C/C=C\CC. The number of hydrogen-bond acceptors (Lipinski definition) is 12. The molecule has 16 heteroatoms. The van der Waals surface area contributed by atoms with Crippen LogP contribution in [-0.2, 0) is 56.7 Å². The first kappa shape index (κ1) is 37.6. The van der Waals surface area contributed by atoms with Crippen LogP contribution in [0.5, 0.6) is 0 Å². The predicted octanol–water partition coefficient (Wildman–Crippen LogP) is 2.57. The number of hydrogen-bond donors (Lipinski definition) is 2. The Morgan fingerprint density at radius 1 is 0.884 bits per heavy atom. The fourth-order valence-corrected chi connectivity index (χ4v) is 4.05. The Labute approximate surface area is 250 Å². The Bertz CT molecular complexity index is 1040. The van der Waals surface area contributed by atoms with E-state index in [2.05, 4.69) is 5.32 Å². The molecule has 2 unspecified atom stereocenters. The summed E-state index contributed by atoms with van der Waals surface area (Å²) >= 11 is 0. The highest BCUT2D eigenvalue weighted by molar-refractivity contribution is 7.47. The van der Waals surface area contributed by atoms with Crippen molar-refractivity contribution in [3.63, 3.8) is 0 Å². The van der Waals surface area contributed by atoms with Crippen molar-refractivity contribution >= 4 is 43.5 Å². The van der Waals surface area contributed by atoms with Crippen molar-refractivity contribution in [1.29, 1.82) is 0 Å². The topological polar surface area (TPSA) is 201 Å². The molecule has 43 heavy (non-hydrogen) atoms. The van der Waals surface area contributed by atoms with Crippen LogP contribution in [-0.4, -0.2) is 78.1 Å². The molecule has 1 fully saturated rings. The summed E-state index contributed by atoms with van der Waals surface area (Å²) < 4.78 is 32.3. The molecule has 1 rings (SSSR count). The van der Waals surface area contributed by atoms with E-state index in [4.69, 9.17) is 23.4 Å². The molecule has 0 aromatic rings. The summed E-state index contributed by atoms with van der Waals surface area (Å²) in [5.41, 5.74) is 0. The summed E-state index contributed by atoms with van der Waals surface area (Å²) in [6.45, 7) is 2.30. The molecule has 0 spiro atoms. The second-order valence-corrected chi connectivity index (χ2v) is 10.6. The molecular weight excluding hydrogens is 591 g/mol.